The fourth-order valence-electron chi connectivity index (χ4n) is 2.02. The van der Waals surface area contributed by atoms with Crippen LogP contribution in [0.3, 0.4) is 0 Å². The topological polar surface area (TPSA) is 51.2 Å². The fraction of sp³-hybridized carbons (Fsp3) is 0.333. The normalized spacial score (nSPS) is 12.6. The number of nitrogens with zero attached hydrogens (tertiary/aromatic N) is 1. The number of benzene rings is 1. The minimum absolute atomic E-state index is 0.238. The number of nitrogens with two attached hydrogens (primary N) is 1. The summed E-state index contributed by atoms with van der Waals surface area (Å²) < 4.78 is 2.12. The van der Waals surface area contributed by atoms with Crippen LogP contribution in [0.4, 0.5) is 0 Å². The Labute approximate surface area is 108 Å². The number of aromatic nitrogens is 1. The van der Waals surface area contributed by atoms with Gasteiger partial charge in [-0.2, -0.15) is 0 Å². The van der Waals surface area contributed by atoms with E-state index in [-0.39, 0.29) is 6.04 Å². The van der Waals surface area contributed by atoms with Gasteiger partial charge in [0.2, 0.25) is 0 Å². The Morgan fingerprint density at radius 2 is 2.11 bits per heavy atom. The van der Waals surface area contributed by atoms with Gasteiger partial charge in [-0.15, -0.1) is 0 Å². The highest BCUT2D eigenvalue weighted by Gasteiger charge is 2.03. The summed E-state index contributed by atoms with van der Waals surface area (Å²) in [6.45, 7) is 2.88. The van der Waals surface area contributed by atoms with Crippen LogP contribution in [0.15, 0.2) is 42.7 Å². The van der Waals surface area contributed by atoms with Crippen LogP contribution in [0.2, 0.25) is 0 Å². The first-order chi connectivity index (χ1) is 8.67. The molecule has 0 aliphatic heterocycles. The zero-order valence-electron chi connectivity index (χ0n) is 10.7. The lowest BCUT2D eigenvalue weighted by Gasteiger charge is -2.06. The summed E-state index contributed by atoms with van der Waals surface area (Å²) in [5.74, 6) is 0.313. The molecule has 2 rings (SSSR count). The highest BCUT2D eigenvalue weighted by Crippen LogP contribution is 2.13. The molecule has 1 aromatic heterocycles. The van der Waals surface area contributed by atoms with E-state index in [2.05, 4.69) is 30.0 Å². The third-order valence-corrected chi connectivity index (χ3v) is 3.11. The van der Waals surface area contributed by atoms with Gasteiger partial charge in [-0.1, -0.05) is 19.1 Å². The first-order valence-electron chi connectivity index (χ1n) is 6.35. The molecule has 0 saturated heterocycles. The van der Waals surface area contributed by atoms with Crippen LogP contribution in [0.25, 0.3) is 0 Å². The van der Waals surface area contributed by atoms with Crippen molar-refractivity contribution in [1.82, 2.24) is 4.57 Å². The predicted octanol–water partition coefficient (Wildman–Crippen LogP) is 2.52. The minimum Gasteiger partial charge on any atom is -0.508 e. The summed E-state index contributed by atoms with van der Waals surface area (Å²) in [5.41, 5.74) is 8.31. The Morgan fingerprint density at radius 3 is 2.83 bits per heavy atom. The lowest BCUT2D eigenvalue weighted by atomic mass is 10.1. The molecule has 1 heterocycles. The molecule has 0 saturated carbocycles. The molecule has 0 radical (unpaired) electrons. The van der Waals surface area contributed by atoms with Crippen molar-refractivity contribution in [3.63, 3.8) is 0 Å². The molecule has 0 aliphatic carbocycles. The van der Waals surface area contributed by atoms with Gasteiger partial charge in [-0.25, -0.2) is 0 Å². The van der Waals surface area contributed by atoms with Crippen molar-refractivity contribution < 1.29 is 5.11 Å². The summed E-state index contributed by atoms with van der Waals surface area (Å²) in [4.78, 5) is 0. The van der Waals surface area contributed by atoms with Crippen LogP contribution in [0.1, 0.15) is 24.5 Å². The van der Waals surface area contributed by atoms with Gasteiger partial charge >= 0.3 is 0 Å². The number of hydrogen-bond acceptors (Lipinski definition) is 2. The average Bonchev–Trinajstić information content (AvgIpc) is 2.76. The number of aromatic hydroxyl groups is 1. The molecule has 0 fully saturated rings. The number of rotatable bonds is 5. The molecule has 0 amide bonds. The lowest BCUT2D eigenvalue weighted by Crippen LogP contribution is -2.21. The van der Waals surface area contributed by atoms with Gasteiger partial charge < -0.3 is 15.4 Å². The van der Waals surface area contributed by atoms with Crippen LogP contribution in [0.5, 0.6) is 5.75 Å². The molecule has 96 valence electrons. The van der Waals surface area contributed by atoms with E-state index in [1.807, 2.05) is 12.1 Å². The molecule has 1 aromatic carbocycles. The van der Waals surface area contributed by atoms with Crippen molar-refractivity contribution in [2.24, 2.45) is 5.73 Å². The molecule has 0 bridgehead atoms. The van der Waals surface area contributed by atoms with Crippen LogP contribution in [-0.4, -0.2) is 15.7 Å². The third-order valence-electron chi connectivity index (χ3n) is 3.11. The van der Waals surface area contributed by atoms with Crippen molar-refractivity contribution in [3.05, 3.63) is 53.9 Å². The molecule has 1 atom stereocenters. The third kappa shape index (κ3) is 3.37. The van der Waals surface area contributed by atoms with Crippen molar-refractivity contribution >= 4 is 0 Å². The van der Waals surface area contributed by atoms with Gasteiger partial charge in [0, 0.05) is 25.0 Å². The molecular formula is C15H20N2O. The van der Waals surface area contributed by atoms with Gasteiger partial charge in [-0.05, 0) is 42.2 Å². The second kappa shape index (κ2) is 5.74. The standard InChI is InChI=1S/C15H20N2O/c1-2-14(16)8-13-6-7-17(11-13)10-12-4-3-5-15(18)9-12/h3-7,9,11,14,18H,2,8,10,16H2,1H3. The van der Waals surface area contributed by atoms with E-state index in [9.17, 15) is 5.11 Å². The molecule has 3 heteroatoms. The zero-order valence-corrected chi connectivity index (χ0v) is 10.7. The Balaban J connectivity index is 2.02. The van der Waals surface area contributed by atoms with E-state index in [1.54, 1.807) is 12.1 Å². The summed E-state index contributed by atoms with van der Waals surface area (Å²) in [6.07, 6.45) is 6.10. The smallest absolute Gasteiger partial charge is 0.115 e. The predicted molar refractivity (Wildman–Crippen MR) is 73.6 cm³/mol. The van der Waals surface area contributed by atoms with Crippen molar-refractivity contribution in [2.75, 3.05) is 0 Å². The van der Waals surface area contributed by atoms with Crippen molar-refractivity contribution in [1.29, 1.82) is 0 Å². The molecule has 3 nitrogen and oxygen atoms in total. The lowest BCUT2D eigenvalue weighted by molar-refractivity contribution is 0.474. The SMILES string of the molecule is CCC(N)Cc1ccn(Cc2cccc(O)c2)c1. The minimum atomic E-state index is 0.238. The maximum atomic E-state index is 9.42. The number of phenolic OH excluding ortho intramolecular Hbond substituents is 1. The van der Waals surface area contributed by atoms with Gasteiger partial charge in [-0.3, -0.25) is 0 Å². The summed E-state index contributed by atoms with van der Waals surface area (Å²) in [5, 5.41) is 9.42. The van der Waals surface area contributed by atoms with Crippen LogP contribution >= 0.6 is 0 Å². The molecule has 0 aliphatic rings. The molecule has 0 spiro atoms. The van der Waals surface area contributed by atoms with Crippen LogP contribution in [-0.2, 0) is 13.0 Å². The maximum absolute atomic E-state index is 9.42. The van der Waals surface area contributed by atoms with E-state index in [1.165, 1.54) is 5.56 Å². The van der Waals surface area contributed by atoms with E-state index < -0.39 is 0 Å². The van der Waals surface area contributed by atoms with Crippen LogP contribution in [0, 0.1) is 0 Å². The Kier molecular flexibility index (Phi) is 4.05. The average molecular weight is 244 g/mol. The first kappa shape index (κ1) is 12.7. The van der Waals surface area contributed by atoms with Gasteiger partial charge in [0.15, 0.2) is 0 Å². The van der Waals surface area contributed by atoms with Gasteiger partial charge in [0.05, 0.1) is 0 Å². The molecule has 18 heavy (non-hydrogen) atoms. The Morgan fingerprint density at radius 1 is 1.28 bits per heavy atom. The van der Waals surface area contributed by atoms with Crippen molar-refractivity contribution in [2.45, 2.75) is 32.4 Å². The molecule has 2 aromatic rings. The van der Waals surface area contributed by atoms with E-state index in [4.69, 9.17) is 5.73 Å². The van der Waals surface area contributed by atoms with Gasteiger partial charge in [0.25, 0.3) is 0 Å². The number of hydrogen-bond donors (Lipinski definition) is 2. The van der Waals surface area contributed by atoms with Gasteiger partial charge in [0.1, 0.15) is 5.75 Å². The molecule has 3 N–H and O–H groups in total. The number of phenols is 1. The maximum Gasteiger partial charge on any atom is 0.115 e. The molecular weight excluding hydrogens is 224 g/mol. The fourth-order valence-corrected chi connectivity index (χ4v) is 2.02. The summed E-state index contributed by atoms with van der Waals surface area (Å²) in [7, 11) is 0. The van der Waals surface area contributed by atoms with Crippen molar-refractivity contribution in [3.8, 4) is 5.75 Å². The summed E-state index contributed by atoms with van der Waals surface area (Å²) >= 11 is 0. The Bertz CT molecular complexity index is 505. The largest absolute Gasteiger partial charge is 0.508 e. The van der Waals surface area contributed by atoms with E-state index in [0.29, 0.717) is 5.75 Å². The highest BCUT2D eigenvalue weighted by atomic mass is 16.3. The Hall–Kier alpha value is -1.74. The zero-order chi connectivity index (χ0) is 13.0. The van der Waals surface area contributed by atoms with E-state index >= 15 is 0 Å². The second-order valence-corrected chi connectivity index (χ2v) is 4.73. The molecule has 1 unspecified atom stereocenters. The summed E-state index contributed by atoms with van der Waals surface area (Å²) in [6, 6.07) is 9.70. The monoisotopic (exact) mass is 244 g/mol. The highest BCUT2D eigenvalue weighted by molar-refractivity contribution is 5.27. The van der Waals surface area contributed by atoms with Crippen LogP contribution < -0.4 is 5.73 Å². The first-order valence-corrected chi connectivity index (χ1v) is 6.35. The van der Waals surface area contributed by atoms with E-state index in [0.717, 1.165) is 24.9 Å². The quantitative estimate of drug-likeness (QED) is 0.849. The second-order valence-electron chi connectivity index (χ2n) is 4.73.